The SMILES string of the molecule is CCS(=O)(=O)N(C)c1ccc(N)cc1. The van der Waals surface area contributed by atoms with Gasteiger partial charge in [-0.15, -0.1) is 0 Å². The van der Waals surface area contributed by atoms with E-state index in [9.17, 15) is 8.42 Å². The van der Waals surface area contributed by atoms with Gasteiger partial charge in [-0.2, -0.15) is 0 Å². The van der Waals surface area contributed by atoms with Crippen molar-refractivity contribution in [2.75, 3.05) is 22.8 Å². The summed E-state index contributed by atoms with van der Waals surface area (Å²) >= 11 is 0. The lowest BCUT2D eigenvalue weighted by Gasteiger charge is -2.18. The van der Waals surface area contributed by atoms with E-state index in [0.29, 0.717) is 11.4 Å². The highest BCUT2D eigenvalue weighted by Gasteiger charge is 2.14. The van der Waals surface area contributed by atoms with Crippen LogP contribution >= 0.6 is 0 Å². The van der Waals surface area contributed by atoms with Gasteiger partial charge in [0, 0.05) is 12.7 Å². The van der Waals surface area contributed by atoms with Crippen molar-refractivity contribution in [3.8, 4) is 0 Å². The molecule has 0 fully saturated rings. The number of nitrogens with two attached hydrogens (primary N) is 1. The molecular weight excluding hydrogens is 200 g/mol. The first-order valence-electron chi connectivity index (χ1n) is 4.29. The van der Waals surface area contributed by atoms with Crippen molar-refractivity contribution in [2.24, 2.45) is 0 Å². The third kappa shape index (κ3) is 2.17. The van der Waals surface area contributed by atoms with Crippen molar-refractivity contribution >= 4 is 21.4 Å². The molecule has 0 radical (unpaired) electrons. The highest BCUT2D eigenvalue weighted by atomic mass is 32.2. The first-order valence-corrected chi connectivity index (χ1v) is 5.90. The van der Waals surface area contributed by atoms with Crippen molar-refractivity contribution in [1.29, 1.82) is 0 Å². The summed E-state index contributed by atoms with van der Waals surface area (Å²) in [6, 6.07) is 6.72. The molecule has 0 heterocycles. The molecule has 0 aliphatic rings. The lowest BCUT2D eigenvalue weighted by Crippen LogP contribution is -2.27. The second kappa shape index (κ2) is 3.88. The maximum Gasteiger partial charge on any atom is 0.234 e. The molecule has 0 atom stereocenters. The lowest BCUT2D eigenvalue weighted by molar-refractivity contribution is 0.595. The minimum absolute atomic E-state index is 0.0911. The van der Waals surface area contributed by atoms with Gasteiger partial charge in [-0.25, -0.2) is 8.42 Å². The Balaban J connectivity index is 3.01. The summed E-state index contributed by atoms with van der Waals surface area (Å²) in [6.07, 6.45) is 0. The Kier molecular flexibility index (Phi) is 3.00. The average molecular weight is 214 g/mol. The Morgan fingerprint density at radius 1 is 1.29 bits per heavy atom. The van der Waals surface area contributed by atoms with Gasteiger partial charge in [-0.3, -0.25) is 4.31 Å². The molecule has 1 aromatic carbocycles. The Labute approximate surface area is 84.4 Å². The van der Waals surface area contributed by atoms with Gasteiger partial charge < -0.3 is 5.73 Å². The van der Waals surface area contributed by atoms with E-state index in [1.54, 1.807) is 31.2 Å². The van der Waals surface area contributed by atoms with E-state index in [-0.39, 0.29) is 5.75 Å². The second-order valence-electron chi connectivity index (χ2n) is 2.96. The molecule has 14 heavy (non-hydrogen) atoms. The molecular formula is C9H14N2O2S. The topological polar surface area (TPSA) is 63.4 Å². The van der Waals surface area contributed by atoms with Gasteiger partial charge in [0.2, 0.25) is 10.0 Å². The number of hydrogen-bond donors (Lipinski definition) is 1. The molecule has 0 saturated carbocycles. The van der Waals surface area contributed by atoms with Crippen molar-refractivity contribution in [1.82, 2.24) is 0 Å². The second-order valence-corrected chi connectivity index (χ2v) is 5.25. The molecule has 0 aromatic heterocycles. The van der Waals surface area contributed by atoms with Crippen LogP contribution in [0.4, 0.5) is 11.4 Å². The minimum atomic E-state index is -3.17. The number of benzene rings is 1. The number of nitrogens with zero attached hydrogens (tertiary/aromatic N) is 1. The minimum Gasteiger partial charge on any atom is -0.399 e. The van der Waals surface area contributed by atoms with Crippen LogP contribution in [0.3, 0.4) is 0 Å². The maximum absolute atomic E-state index is 11.5. The van der Waals surface area contributed by atoms with E-state index in [0.717, 1.165) is 0 Å². The van der Waals surface area contributed by atoms with Crippen LogP contribution in [0.1, 0.15) is 6.92 Å². The van der Waals surface area contributed by atoms with Crippen molar-refractivity contribution in [2.45, 2.75) is 6.92 Å². The van der Waals surface area contributed by atoms with Crippen LogP contribution in [0.25, 0.3) is 0 Å². The predicted molar refractivity (Wildman–Crippen MR) is 58.7 cm³/mol. The lowest BCUT2D eigenvalue weighted by atomic mass is 10.3. The molecule has 4 nitrogen and oxygen atoms in total. The highest BCUT2D eigenvalue weighted by molar-refractivity contribution is 7.92. The number of nitrogen functional groups attached to an aromatic ring is 1. The number of anilines is 2. The normalized spacial score (nSPS) is 11.3. The van der Waals surface area contributed by atoms with Crippen LogP contribution in [0.15, 0.2) is 24.3 Å². The smallest absolute Gasteiger partial charge is 0.234 e. The van der Waals surface area contributed by atoms with Crippen LogP contribution in [0.2, 0.25) is 0 Å². The molecule has 0 amide bonds. The van der Waals surface area contributed by atoms with Gasteiger partial charge in [-0.05, 0) is 31.2 Å². The first kappa shape index (κ1) is 10.8. The largest absolute Gasteiger partial charge is 0.399 e. The van der Waals surface area contributed by atoms with Gasteiger partial charge >= 0.3 is 0 Å². The van der Waals surface area contributed by atoms with E-state index in [1.165, 1.54) is 11.4 Å². The summed E-state index contributed by atoms with van der Waals surface area (Å²) in [4.78, 5) is 0. The number of sulfonamides is 1. The van der Waals surface area contributed by atoms with Gasteiger partial charge in [0.15, 0.2) is 0 Å². The fourth-order valence-electron chi connectivity index (χ4n) is 1.04. The molecule has 2 N–H and O–H groups in total. The summed E-state index contributed by atoms with van der Waals surface area (Å²) in [5.74, 6) is 0.0911. The Hall–Kier alpha value is -1.23. The van der Waals surface area contributed by atoms with Crippen LogP contribution < -0.4 is 10.0 Å². The molecule has 1 aromatic rings. The van der Waals surface area contributed by atoms with E-state index >= 15 is 0 Å². The maximum atomic E-state index is 11.5. The summed E-state index contributed by atoms with van der Waals surface area (Å²) in [5.41, 5.74) is 6.75. The molecule has 0 bridgehead atoms. The Morgan fingerprint density at radius 3 is 2.21 bits per heavy atom. The number of hydrogen-bond acceptors (Lipinski definition) is 3. The Bertz CT molecular complexity index is 397. The summed E-state index contributed by atoms with van der Waals surface area (Å²) < 4.78 is 24.2. The zero-order valence-electron chi connectivity index (χ0n) is 8.27. The average Bonchev–Trinajstić information content (AvgIpc) is 2.18. The highest BCUT2D eigenvalue weighted by Crippen LogP contribution is 2.17. The van der Waals surface area contributed by atoms with Gasteiger partial charge in [0.05, 0.1) is 11.4 Å². The van der Waals surface area contributed by atoms with Crippen molar-refractivity contribution in [3.05, 3.63) is 24.3 Å². The molecule has 1 rings (SSSR count). The van der Waals surface area contributed by atoms with Gasteiger partial charge in [0.25, 0.3) is 0 Å². The zero-order valence-corrected chi connectivity index (χ0v) is 9.08. The van der Waals surface area contributed by atoms with Crippen LogP contribution in [-0.4, -0.2) is 21.2 Å². The monoisotopic (exact) mass is 214 g/mol. The summed E-state index contributed by atoms with van der Waals surface area (Å²) in [6.45, 7) is 1.61. The molecule has 0 unspecified atom stereocenters. The van der Waals surface area contributed by atoms with E-state index in [4.69, 9.17) is 5.73 Å². The van der Waals surface area contributed by atoms with E-state index in [2.05, 4.69) is 0 Å². The fourth-order valence-corrected chi connectivity index (χ4v) is 1.87. The third-order valence-electron chi connectivity index (χ3n) is 2.04. The molecule has 78 valence electrons. The van der Waals surface area contributed by atoms with E-state index in [1.807, 2.05) is 0 Å². The van der Waals surface area contributed by atoms with E-state index < -0.39 is 10.0 Å². The van der Waals surface area contributed by atoms with Crippen LogP contribution in [-0.2, 0) is 10.0 Å². The first-order chi connectivity index (χ1) is 6.47. The summed E-state index contributed by atoms with van der Waals surface area (Å²) in [5, 5.41) is 0. The van der Waals surface area contributed by atoms with Crippen LogP contribution in [0, 0.1) is 0 Å². The zero-order chi connectivity index (χ0) is 10.8. The summed E-state index contributed by atoms with van der Waals surface area (Å²) in [7, 11) is -1.64. The van der Waals surface area contributed by atoms with Gasteiger partial charge in [0.1, 0.15) is 0 Å². The molecule has 5 heteroatoms. The predicted octanol–water partition coefficient (Wildman–Crippen LogP) is 1.05. The standard InChI is InChI=1S/C9H14N2O2S/c1-3-14(12,13)11(2)9-6-4-8(10)5-7-9/h4-7H,3,10H2,1-2H3. The van der Waals surface area contributed by atoms with Crippen molar-refractivity contribution in [3.63, 3.8) is 0 Å². The third-order valence-corrected chi connectivity index (χ3v) is 3.81. The number of rotatable bonds is 3. The molecule has 0 spiro atoms. The molecule has 0 aliphatic carbocycles. The van der Waals surface area contributed by atoms with Crippen molar-refractivity contribution < 1.29 is 8.42 Å². The molecule has 0 aliphatic heterocycles. The fraction of sp³-hybridized carbons (Fsp3) is 0.333. The van der Waals surface area contributed by atoms with Crippen LogP contribution in [0.5, 0.6) is 0 Å². The molecule has 0 saturated heterocycles. The quantitative estimate of drug-likeness (QED) is 0.765. The van der Waals surface area contributed by atoms with Gasteiger partial charge in [-0.1, -0.05) is 0 Å². The Morgan fingerprint density at radius 2 is 1.79 bits per heavy atom.